The van der Waals surface area contributed by atoms with Crippen LogP contribution >= 0.6 is 0 Å². The molecule has 1 aliphatic carbocycles. The van der Waals surface area contributed by atoms with E-state index in [4.69, 9.17) is 9.47 Å². The molecule has 16 heteroatoms. The molecule has 0 bridgehead atoms. The highest BCUT2D eigenvalue weighted by Crippen LogP contribution is 2.28. The number of benzene rings is 1. The minimum Gasteiger partial charge on any atom is -0.467 e. The van der Waals surface area contributed by atoms with Crippen molar-refractivity contribution >= 4 is 40.1 Å². The van der Waals surface area contributed by atoms with E-state index in [1.54, 1.807) is 24.3 Å². The SMILES string of the molecule is COC(=O)C(C)NC(=O)OC([C@H](C[C@@H]1CCNC1=O)NC(=O)[C@H](CC1CCCCC1)NC(=O)OCc1ccccc1)S(=O)(=O)O. The number of nitrogens with one attached hydrogen (secondary N) is 4. The average molecular weight is 655 g/mol. The molecule has 5 atom stereocenters. The highest BCUT2D eigenvalue weighted by molar-refractivity contribution is 7.86. The minimum absolute atomic E-state index is 0.0539. The molecule has 2 aliphatic rings. The van der Waals surface area contributed by atoms with Gasteiger partial charge < -0.3 is 35.5 Å². The largest absolute Gasteiger partial charge is 0.467 e. The monoisotopic (exact) mass is 654 g/mol. The van der Waals surface area contributed by atoms with Gasteiger partial charge in [-0.1, -0.05) is 62.4 Å². The molecule has 1 aliphatic heterocycles. The highest BCUT2D eigenvalue weighted by atomic mass is 32.2. The van der Waals surface area contributed by atoms with E-state index in [0.29, 0.717) is 13.0 Å². The van der Waals surface area contributed by atoms with Gasteiger partial charge in [0.1, 0.15) is 18.7 Å². The Morgan fingerprint density at radius 3 is 2.27 bits per heavy atom. The average Bonchev–Trinajstić information content (AvgIpc) is 3.41. The van der Waals surface area contributed by atoms with Crippen LogP contribution in [0.1, 0.15) is 63.9 Å². The van der Waals surface area contributed by atoms with Gasteiger partial charge in [0.15, 0.2) is 0 Å². The molecule has 0 radical (unpaired) electrons. The quantitative estimate of drug-likeness (QED) is 0.111. The van der Waals surface area contributed by atoms with E-state index < -0.39 is 69.6 Å². The molecule has 15 nitrogen and oxygen atoms in total. The minimum atomic E-state index is -5.20. The van der Waals surface area contributed by atoms with Gasteiger partial charge >= 0.3 is 28.3 Å². The van der Waals surface area contributed by atoms with Gasteiger partial charge in [-0.3, -0.25) is 14.1 Å². The fourth-order valence-electron chi connectivity index (χ4n) is 5.50. The lowest BCUT2D eigenvalue weighted by atomic mass is 9.84. The van der Waals surface area contributed by atoms with E-state index in [1.807, 2.05) is 6.07 Å². The van der Waals surface area contributed by atoms with Crippen LogP contribution in [0.25, 0.3) is 0 Å². The lowest BCUT2D eigenvalue weighted by Crippen LogP contribution is -2.56. The molecular weight excluding hydrogens is 612 g/mol. The molecule has 3 rings (SSSR count). The molecule has 5 N–H and O–H groups in total. The summed E-state index contributed by atoms with van der Waals surface area (Å²) in [4.78, 5) is 63.2. The molecule has 1 aromatic rings. The number of carbonyl (C=O) groups excluding carboxylic acids is 5. The first-order chi connectivity index (χ1) is 21.4. The maximum absolute atomic E-state index is 13.7. The zero-order valence-corrected chi connectivity index (χ0v) is 26.2. The van der Waals surface area contributed by atoms with E-state index in [1.165, 1.54) is 6.92 Å². The van der Waals surface area contributed by atoms with Crippen LogP contribution < -0.4 is 21.3 Å². The molecule has 0 spiro atoms. The first kappa shape index (κ1) is 35.6. The number of hydrogen-bond acceptors (Lipinski definition) is 10. The van der Waals surface area contributed by atoms with Crippen LogP contribution in [-0.4, -0.2) is 80.2 Å². The van der Waals surface area contributed by atoms with Crippen molar-refractivity contribution in [2.24, 2.45) is 11.8 Å². The second-order valence-corrected chi connectivity index (χ2v) is 12.8. The van der Waals surface area contributed by atoms with Crippen molar-refractivity contribution in [3.8, 4) is 0 Å². The molecule has 1 aromatic carbocycles. The van der Waals surface area contributed by atoms with Crippen molar-refractivity contribution in [3.63, 3.8) is 0 Å². The van der Waals surface area contributed by atoms with Crippen LogP contribution in [0.15, 0.2) is 30.3 Å². The van der Waals surface area contributed by atoms with Crippen LogP contribution in [0.2, 0.25) is 0 Å². The van der Waals surface area contributed by atoms with E-state index >= 15 is 0 Å². The van der Waals surface area contributed by atoms with Gasteiger partial charge in [0.05, 0.1) is 13.2 Å². The summed E-state index contributed by atoms with van der Waals surface area (Å²) in [5.74, 6) is -2.77. The Labute approximate surface area is 262 Å². The van der Waals surface area contributed by atoms with Crippen LogP contribution in [-0.2, 0) is 45.3 Å². The summed E-state index contributed by atoms with van der Waals surface area (Å²) in [7, 11) is -4.11. The molecule has 4 amide bonds. The van der Waals surface area contributed by atoms with E-state index in [-0.39, 0.29) is 25.4 Å². The van der Waals surface area contributed by atoms with Crippen molar-refractivity contribution in [2.45, 2.75) is 88.5 Å². The lowest BCUT2D eigenvalue weighted by Gasteiger charge is -2.31. The summed E-state index contributed by atoms with van der Waals surface area (Å²) >= 11 is 0. The maximum atomic E-state index is 13.7. The number of hydrogen-bond donors (Lipinski definition) is 5. The number of rotatable bonds is 14. The summed E-state index contributed by atoms with van der Waals surface area (Å²) in [6, 6.07) is 4.89. The van der Waals surface area contributed by atoms with Crippen molar-refractivity contribution in [1.29, 1.82) is 0 Å². The normalized spacial score (nSPS) is 19.6. The number of esters is 1. The van der Waals surface area contributed by atoms with Crippen LogP contribution in [0.3, 0.4) is 0 Å². The number of ether oxygens (including phenoxy) is 3. The Hall–Kier alpha value is -3.92. The Balaban J connectivity index is 1.82. The van der Waals surface area contributed by atoms with Crippen molar-refractivity contribution in [1.82, 2.24) is 21.3 Å². The second kappa shape index (κ2) is 17.0. The first-order valence-corrected chi connectivity index (χ1v) is 16.4. The summed E-state index contributed by atoms with van der Waals surface area (Å²) in [5, 5.41) is 9.79. The fourth-order valence-corrected chi connectivity index (χ4v) is 6.30. The molecule has 1 saturated carbocycles. The van der Waals surface area contributed by atoms with Gasteiger partial charge in [0, 0.05) is 12.5 Å². The van der Waals surface area contributed by atoms with Crippen molar-refractivity contribution < 1.29 is 51.2 Å². The van der Waals surface area contributed by atoms with Gasteiger partial charge in [0.2, 0.25) is 17.3 Å². The summed E-state index contributed by atoms with van der Waals surface area (Å²) in [5.41, 5.74) is -1.64. The van der Waals surface area contributed by atoms with Gasteiger partial charge in [-0.05, 0) is 37.7 Å². The standard InChI is InChI=1S/C29H42N4O11S/c1-18(26(36)42-2)31-29(38)44-27(45(39,40)41)23(16-21-13-14-30-24(21)34)32-25(35)22(15-19-9-5-3-6-10-19)33-28(37)43-17-20-11-7-4-8-12-20/h4,7-8,11-12,18-19,21-23,27H,3,5-6,9-10,13-17H2,1-2H3,(H,30,34)(H,31,38)(H,32,35)(H,33,37)(H,39,40,41)/t18?,21-,22-,23-,27?/m0/s1. The molecule has 1 saturated heterocycles. The predicted molar refractivity (Wildman–Crippen MR) is 159 cm³/mol. The van der Waals surface area contributed by atoms with Crippen molar-refractivity contribution in [2.75, 3.05) is 13.7 Å². The fraction of sp³-hybridized carbons (Fsp3) is 0.621. The summed E-state index contributed by atoms with van der Waals surface area (Å²) in [6.07, 6.45) is 2.53. The van der Waals surface area contributed by atoms with E-state index in [9.17, 15) is 36.9 Å². The number of alkyl carbamates (subject to hydrolysis) is 2. The Morgan fingerprint density at radius 1 is 0.978 bits per heavy atom. The molecular formula is C29H42N4O11S. The first-order valence-electron chi connectivity index (χ1n) is 14.9. The topological polar surface area (TPSA) is 216 Å². The zero-order chi connectivity index (χ0) is 33.0. The molecule has 0 aromatic heterocycles. The molecule has 250 valence electrons. The van der Waals surface area contributed by atoms with Gasteiger partial charge in [0.25, 0.3) is 0 Å². The molecule has 2 fully saturated rings. The highest BCUT2D eigenvalue weighted by Gasteiger charge is 2.42. The van der Waals surface area contributed by atoms with Gasteiger partial charge in [-0.15, -0.1) is 0 Å². The molecule has 1 heterocycles. The third-order valence-corrected chi connectivity index (χ3v) is 8.89. The predicted octanol–water partition coefficient (Wildman–Crippen LogP) is 1.76. The number of methoxy groups -OCH3 is 1. The van der Waals surface area contributed by atoms with Crippen LogP contribution in [0.4, 0.5) is 9.59 Å². The Bertz CT molecular complexity index is 1290. The summed E-state index contributed by atoms with van der Waals surface area (Å²) in [6.45, 7) is 1.51. The lowest BCUT2D eigenvalue weighted by molar-refractivity contribution is -0.142. The maximum Gasteiger partial charge on any atom is 0.409 e. The Morgan fingerprint density at radius 2 is 1.67 bits per heavy atom. The van der Waals surface area contributed by atoms with Crippen molar-refractivity contribution in [3.05, 3.63) is 35.9 Å². The third kappa shape index (κ3) is 11.5. The third-order valence-electron chi connectivity index (χ3n) is 7.88. The zero-order valence-electron chi connectivity index (χ0n) is 25.4. The molecule has 45 heavy (non-hydrogen) atoms. The van der Waals surface area contributed by atoms with E-state index in [0.717, 1.165) is 44.8 Å². The second-order valence-electron chi connectivity index (χ2n) is 11.3. The smallest absolute Gasteiger partial charge is 0.409 e. The van der Waals surface area contributed by atoms with Gasteiger partial charge in [-0.2, -0.15) is 8.42 Å². The Kier molecular flexibility index (Phi) is 13.4. The van der Waals surface area contributed by atoms with Crippen LogP contribution in [0, 0.1) is 11.8 Å². The number of carbonyl (C=O) groups is 5. The van der Waals surface area contributed by atoms with Crippen LogP contribution in [0.5, 0.6) is 0 Å². The van der Waals surface area contributed by atoms with Gasteiger partial charge in [-0.25, -0.2) is 14.4 Å². The summed E-state index contributed by atoms with van der Waals surface area (Å²) < 4.78 is 50.0. The number of amides is 4. The van der Waals surface area contributed by atoms with E-state index in [2.05, 4.69) is 26.0 Å². The molecule has 2 unspecified atom stereocenters.